The number of quaternary nitrogens is 1. The predicted molar refractivity (Wildman–Crippen MR) is 323 cm³/mol. The van der Waals surface area contributed by atoms with Crippen molar-refractivity contribution in [2.75, 3.05) is 40.9 Å². The lowest BCUT2D eigenvalue weighted by Gasteiger charge is -2.27. The van der Waals surface area contributed by atoms with Gasteiger partial charge in [-0.3, -0.25) is 18.6 Å². The van der Waals surface area contributed by atoms with Crippen molar-refractivity contribution in [2.24, 2.45) is 0 Å². The van der Waals surface area contributed by atoms with E-state index >= 15 is 0 Å². The Morgan fingerprint density at radius 2 is 0.853 bits per heavy atom. The predicted octanol–water partition coefficient (Wildman–Crippen LogP) is 19.2. The number of amides is 1. The van der Waals surface area contributed by atoms with Crippen molar-refractivity contribution in [1.82, 2.24) is 5.32 Å². The minimum atomic E-state index is -4.45. The maximum Gasteiger partial charge on any atom is 0.472 e. The molecular formula is C65H120N2O7P+. The van der Waals surface area contributed by atoms with Gasteiger partial charge in [0.2, 0.25) is 5.91 Å². The average Bonchev–Trinajstić information content (AvgIpc) is 3.37. The van der Waals surface area contributed by atoms with Crippen LogP contribution in [0.3, 0.4) is 0 Å². The quantitative estimate of drug-likeness (QED) is 0.0156. The van der Waals surface area contributed by atoms with Crippen molar-refractivity contribution in [3.05, 3.63) is 72.9 Å². The van der Waals surface area contributed by atoms with Crippen LogP contribution in [0.2, 0.25) is 0 Å². The number of nitrogens with zero attached hydrogens (tertiary/aromatic N) is 1. The van der Waals surface area contributed by atoms with E-state index in [9.17, 15) is 19.0 Å². The molecule has 0 bridgehead atoms. The second kappa shape index (κ2) is 54.8. The number of rotatable bonds is 56. The monoisotopic (exact) mass is 1070 g/mol. The molecule has 3 atom stereocenters. The van der Waals surface area contributed by atoms with Crippen molar-refractivity contribution >= 4 is 19.7 Å². The molecule has 0 saturated carbocycles. The zero-order valence-corrected chi connectivity index (χ0v) is 50.7. The van der Waals surface area contributed by atoms with Gasteiger partial charge in [0.25, 0.3) is 0 Å². The number of ether oxygens (including phenoxy) is 1. The summed E-state index contributed by atoms with van der Waals surface area (Å²) in [5.41, 5.74) is 0. The Bertz CT molecular complexity index is 1510. The molecule has 0 aliphatic heterocycles. The molecule has 2 N–H and O–H groups in total. The van der Waals surface area contributed by atoms with Crippen molar-refractivity contribution in [2.45, 2.75) is 290 Å². The first-order chi connectivity index (χ1) is 36.4. The molecule has 0 heterocycles. The summed E-state index contributed by atoms with van der Waals surface area (Å²) < 4.78 is 30.7. The average molecular weight is 1070 g/mol. The molecule has 0 aromatic heterocycles. The molecule has 0 radical (unpaired) electrons. The third-order valence-electron chi connectivity index (χ3n) is 13.6. The Morgan fingerprint density at radius 1 is 0.480 bits per heavy atom. The van der Waals surface area contributed by atoms with E-state index in [0.717, 1.165) is 89.9 Å². The Morgan fingerprint density at radius 3 is 1.32 bits per heavy atom. The largest absolute Gasteiger partial charge is 0.472 e. The fourth-order valence-electron chi connectivity index (χ4n) is 8.76. The van der Waals surface area contributed by atoms with Gasteiger partial charge in [-0.2, -0.15) is 0 Å². The summed E-state index contributed by atoms with van der Waals surface area (Å²) in [5.74, 6) is -0.522. The molecule has 9 nitrogen and oxygen atoms in total. The second-order valence-corrected chi connectivity index (χ2v) is 23.7. The van der Waals surface area contributed by atoms with E-state index in [1.54, 1.807) is 0 Å². The van der Waals surface area contributed by atoms with Gasteiger partial charge in [0, 0.05) is 12.8 Å². The van der Waals surface area contributed by atoms with E-state index in [4.69, 9.17) is 13.8 Å². The van der Waals surface area contributed by atoms with Gasteiger partial charge in [0.15, 0.2) is 0 Å². The van der Waals surface area contributed by atoms with Crippen LogP contribution in [0.4, 0.5) is 0 Å². The Labute approximate surface area is 463 Å². The van der Waals surface area contributed by atoms with E-state index in [2.05, 4.69) is 86.8 Å². The highest BCUT2D eigenvalue weighted by molar-refractivity contribution is 7.47. The van der Waals surface area contributed by atoms with Gasteiger partial charge >= 0.3 is 13.8 Å². The fourth-order valence-corrected chi connectivity index (χ4v) is 9.50. The Balaban J connectivity index is 5.18. The minimum absolute atomic E-state index is 0.0351. The number of allylic oxidation sites excluding steroid dienone is 11. The lowest BCUT2D eigenvalue weighted by atomic mass is 10.0. The van der Waals surface area contributed by atoms with Crippen molar-refractivity contribution < 1.29 is 37.3 Å². The number of likely N-dealkylation sites (N-methyl/N-ethyl adjacent to an activating group) is 1. The first-order valence-electron chi connectivity index (χ1n) is 31.3. The number of carbonyl (C=O) groups excluding carboxylic acids is 2. The van der Waals surface area contributed by atoms with Crippen molar-refractivity contribution in [3.63, 3.8) is 0 Å². The molecule has 436 valence electrons. The summed E-state index contributed by atoms with van der Waals surface area (Å²) in [7, 11) is 1.48. The van der Waals surface area contributed by atoms with Gasteiger partial charge < -0.3 is 19.4 Å². The first kappa shape index (κ1) is 72.5. The normalized spacial score (nSPS) is 14.2. The van der Waals surface area contributed by atoms with Gasteiger partial charge in [-0.05, 0) is 96.0 Å². The third-order valence-corrected chi connectivity index (χ3v) is 14.6. The summed E-state index contributed by atoms with van der Waals surface area (Å²) in [6.45, 7) is 6.94. The van der Waals surface area contributed by atoms with Gasteiger partial charge in [0.05, 0.1) is 33.8 Å². The van der Waals surface area contributed by atoms with Crippen LogP contribution in [0, 0.1) is 0 Å². The van der Waals surface area contributed by atoms with E-state index in [0.29, 0.717) is 17.4 Å². The number of phosphoric ester groups is 1. The van der Waals surface area contributed by atoms with E-state index in [1.807, 2.05) is 33.3 Å². The van der Waals surface area contributed by atoms with Crippen LogP contribution in [0.1, 0.15) is 278 Å². The Hall–Kier alpha value is -2.55. The number of phosphoric acid groups is 1. The van der Waals surface area contributed by atoms with Crippen LogP contribution in [-0.4, -0.2) is 74.3 Å². The molecule has 0 rings (SSSR count). The molecule has 0 aromatic rings. The standard InChI is InChI=1S/C65H119N2O7P/c1-7-10-13-16-19-22-25-27-29-30-31-32-33-34-35-36-38-40-43-46-49-52-55-58-65(69)74-63(56-53-50-47-44-41-24-21-18-15-12-9-3)62(61-73-75(70,71)72-60-59-67(4,5)6)66-64(68)57-54-51-48-45-42-39-37-28-26-23-20-17-14-11-8-2/h19-20,22-23,26-29,31-32,53,56,62-63H,7-18,21,24-25,30,33-52,54-55,57-61H2,1-6H3,(H-,66,68,70,71)/p+1/b22-19-,23-20+,28-26+,29-27-,32-31-,56-53-. The molecule has 0 aliphatic carbocycles. The molecule has 3 unspecified atom stereocenters. The van der Waals surface area contributed by atoms with Crippen LogP contribution in [0.15, 0.2) is 72.9 Å². The lowest BCUT2D eigenvalue weighted by Crippen LogP contribution is -2.47. The van der Waals surface area contributed by atoms with Crippen molar-refractivity contribution in [1.29, 1.82) is 0 Å². The van der Waals surface area contributed by atoms with E-state index < -0.39 is 20.0 Å². The zero-order chi connectivity index (χ0) is 55.0. The van der Waals surface area contributed by atoms with Crippen LogP contribution in [-0.2, 0) is 27.9 Å². The molecule has 0 spiro atoms. The van der Waals surface area contributed by atoms with Gasteiger partial charge in [0.1, 0.15) is 19.3 Å². The number of hydrogen-bond acceptors (Lipinski definition) is 6. The van der Waals surface area contributed by atoms with Crippen LogP contribution in [0.25, 0.3) is 0 Å². The summed E-state index contributed by atoms with van der Waals surface area (Å²) in [4.78, 5) is 37.7. The van der Waals surface area contributed by atoms with E-state index in [1.165, 1.54) is 154 Å². The van der Waals surface area contributed by atoms with Crippen LogP contribution >= 0.6 is 7.82 Å². The van der Waals surface area contributed by atoms with Crippen LogP contribution in [0.5, 0.6) is 0 Å². The van der Waals surface area contributed by atoms with E-state index in [-0.39, 0.29) is 31.5 Å². The highest BCUT2D eigenvalue weighted by Gasteiger charge is 2.30. The molecule has 1 amide bonds. The number of esters is 1. The number of unbranched alkanes of at least 4 members (excludes halogenated alkanes) is 31. The summed E-state index contributed by atoms with van der Waals surface area (Å²) in [6, 6.07) is -0.858. The molecular weight excluding hydrogens is 952 g/mol. The highest BCUT2D eigenvalue weighted by atomic mass is 31.2. The van der Waals surface area contributed by atoms with Gasteiger partial charge in [-0.15, -0.1) is 0 Å². The number of hydrogen-bond donors (Lipinski definition) is 2. The molecule has 75 heavy (non-hydrogen) atoms. The smallest absolute Gasteiger partial charge is 0.456 e. The van der Waals surface area contributed by atoms with Gasteiger partial charge in [-0.25, -0.2) is 4.57 Å². The third kappa shape index (κ3) is 56.0. The highest BCUT2D eigenvalue weighted by Crippen LogP contribution is 2.43. The molecule has 10 heteroatoms. The number of nitrogens with one attached hydrogen (secondary N) is 1. The van der Waals surface area contributed by atoms with Crippen LogP contribution < -0.4 is 5.32 Å². The maximum absolute atomic E-state index is 13.5. The first-order valence-corrected chi connectivity index (χ1v) is 32.8. The Kier molecular flexibility index (Phi) is 52.9. The second-order valence-electron chi connectivity index (χ2n) is 22.3. The maximum atomic E-state index is 13.5. The summed E-state index contributed by atoms with van der Waals surface area (Å²) in [6.07, 6.45) is 70.4. The molecule has 0 aliphatic rings. The SMILES string of the molecule is CCCCC/C=C\C/C=C\C/C=C\CCCCCCCCCCCCC(=O)OC(/C=C\CCCCCCCCCCC)C(COP(=O)(O)OCC[N+](C)(C)C)NC(=O)CCCCCCCC/C=C/C=C/CCCCC. The molecule has 0 aromatic carbocycles. The fraction of sp³-hybridized carbons (Fsp3) is 0.785. The summed E-state index contributed by atoms with van der Waals surface area (Å²) >= 11 is 0. The van der Waals surface area contributed by atoms with Gasteiger partial charge in [-0.1, -0.05) is 242 Å². The molecule has 0 fully saturated rings. The minimum Gasteiger partial charge on any atom is -0.456 e. The number of carbonyl (C=O) groups is 2. The molecule has 0 saturated heterocycles. The zero-order valence-electron chi connectivity index (χ0n) is 49.8. The topological polar surface area (TPSA) is 111 Å². The lowest BCUT2D eigenvalue weighted by molar-refractivity contribution is -0.870. The summed E-state index contributed by atoms with van der Waals surface area (Å²) in [5, 5.41) is 3.05. The van der Waals surface area contributed by atoms with Crippen molar-refractivity contribution in [3.8, 4) is 0 Å².